The van der Waals surface area contributed by atoms with E-state index in [2.05, 4.69) is 21.9 Å². The Kier molecular flexibility index (Phi) is 9.66. The Labute approximate surface area is 161 Å². The SMILES string of the molecule is COC(=O)C(C)NC(=O)c1cccc(C#CCCCCCC(=O)N(C)C)c1. The van der Waals surface area contributed by atoms with E-state index >= 15 is 0 Å². The first kappa shape index (κ1) is 22.2. The summed E-state index contributed by atoms with van der Waals surface area (Å²) in [6, 6.07) is 6.25. The monoisotopic (exact) mass is 372 g/mol. The van der Waals surface area contributed by atoms with Crippen molar-refractivity contribution in [3.63, 3.8) is 0 Å². The minimum absolute atomic E-state index is 0.151. The van der Waals surface area contributed by atoms with Gasteiger partial charge in [0, 0.05) is 38.1 Å². The third-order valence-corrected chi connectivity index (χ3v) is 3.95. The van der Waals surface area contributed by atoms with Gasteiger partial charge in [0.25, 0.3) is 5.91 Å². The second kappa shape index (κ2) is 11.7. The molecule has 1 aromatic rings. The molecule has 0 radical (unpaired) electrons. The van der Waals surface area contributed by atoms with Gasteiger partial charge in [-0.3, -0.25) is 9.59 Å². The predicted molar refractivity (Wildman–Crippen MR) is 104 cm³/mol. The molecule has 0 fully saturated rings. The lowest BCUT2D eigenvalue weighted by Crippen LogP contribution is -2.39. The first-order valence-corrected chi connectivity index (χ1v) is 9.03. The molecule has 0 spiro atoms. The van der Waals surface area contributed by atoms with Crippen molar-refractivity contribution in [1.29, 1.82) is 0 Å². The molecular weight excluding hydrogens is 344 g/mol. The molecule has 2 amide bonds. The predicted octanol–water partition coefficient (Wildman–Crippen LogP) is 2.37. The minimum Gasteiger partial charge on any atom is -0.467 e. The van der Waals surface area contributed by atoms with Crippen LogP contribution >= 0.6 is 0 Å². The van der Waals surface area contributed by atoms with E-state index < -0.39 is 12.0 Å². The van der Waals surface area contributed by atoms with Crippen LogP contribution in [-0.4, -0.2) is 49.9 Å². The first-order valence-electron chi connectivity index (χ1n) is 9.03. The van der Waals surface area contributed by atoms with E-state index in [-0.39, 0.29) is 11.8 Å². The molecule has 146 valence electrons. The summed E-state index contributed by atoms with van der Waals surface area (Å²) in [7, 11) is 4.80. The molecule has 0 saturated carbocycles. The summed E-state index contributed by atoms with van der Waals surface area (Å²) in [5, 5.41) is 2.59. The third-order valence-electron chi connectivity index (χ3n) is 3.95. The summed E-state index contributed by atoms with van der Waals surface area (Å²) >= 11 is 0. The zero-order chi connectivity index (χ0) is 20.2. The van der Waals surface area contributed by atoms with E-state index in [0.29, 0.717) is 12.0 Å². The number of hydrogen-bond donors (Lipinski definition) is 1. The molecule has 6 heteroatoms. The van der Waals surface area contributed by atoms with E-state index in [1.54, 1.807) is 44.1 Å². The minimum atomic E-state index is -0.711. The van der Waals surface area contributed by atoms with Gasteiger partial charge in [-0.2, -0.15) is 0 Å². The summed E-state index contributed by atoms with van der Waals surface area (Å²) < 4.78 is 4.59. The zero-order valence-corrected chi connectivity index (χ0v) is 16.5. The highest BCUT2D eigenvalue weighted by atomic mass is 16.5. The fraction of sp³-hybridized carbons (Fsp3) is 0.476. The Morgan fingerprint density at radius 1 is 1.19 bits per heavy atom. The second-order valence-corrected chi connectivity index (χ2v) is 6.45. The molecule has 0 bridgehead atoms. The third kappa shape index (κ3) is 8.41. The lowest BCUT2D eigenvalue weighted by molar-refractivity contribution is -0.142. The number of nitrogens with one attached hydrogen (secondary N) is 1. The second-order valence-electron chi connectivity index (χ2n) is 6.45. The molecule has 1 aromatic carbocycles. The summed E-state index contributed by atoms with van der Waals surface area (Å²) in [5.41, 5.74) is 1.19. The number of methoxy groups -OCH3 is 1. The molecule has 0 aromatic heterocycles. The van der Waals surface area contributed by atoms with Crippen molar-refractivity contribution in [3.8, 4) is 11.8 Å². The van der Waals surface area contributed by atoms with Gasteiger partial charge in [0.1, 0.15) is 6.04 Å². The number of unbranched alkanes of at least 4 members (excludes halogenated alkanes) is 3. The van der Waals surface area contributed by atoms with E-state index in [0.717, 1.165) is 31.2 Å². The van der Waals surface area contributed by atoms with Crippen LogP contribution in [0.3, 0.4) is 0 Å². The van der Waals surface area contributed by atoms with Crippen LogP contribution in [0, 0.1) is 11.8 Å². The van der Waals surface area contributed by atoms with Crippen molar-refractivity contribution in [1.82, 2.24) is 10.2 Å². The average molecular weight is 372 g/mol. The van der Waals surface area contributed by atoms with Crippen molar-refractivity contribution in [2.75, 3.05) is 21.2 Å². The number of hydrogen-bond acceptors (Lipinski definition) is 4. The molecule has 1 N–H and O–H groups in total. The lowest BCUT2D eigenvalue weighted by Gasteiger charge is -2.11. The van der Waals surface area contributed by atoms with Crippen LogP contribution in [0.2, 0.25) is 0 Å². The number of carbonyl (C=O) groups excluding carboxylic acids is 3. The Hall–Kier alpha value is -2.81. The largest absolute Gasteiger partial charge is 0.467 e. The van der Waals surface area contributed by atoms with Crippen LogP contribution in [0.15, 0.2) is 24.3 Å². The molecular formula is C21H28N2O4. The Balaban J connectivity index is 2.46. The molecule has 0 aliphatic carbocycles. The number of esters is 1. The maximum Gasteiger partial charge on any atom is 0.328 e. The normalized spacial score (nSPS) is 11.0. The summed E-state index contributed by atoms with van der Waals surface area (Å²) in [6.07, 6.45) is 4.08. The van der Waals surface area contributed by atoms with Crippen LogP contribution in [0.1, 0.15) is 54.9 Å². The van der Waals surface area contributed by atoms with Gasteiger partial charge in [-0.15, -0.1) is 0 Å². The van der Waals surface area contributed by atoms with Crippen LogP contribution in [0.5, 0.6) is 0 Å². The number of rotatable bonds is 8. The molecule has 1 rings (SSSR count). The Bertz CT molecular complexity index is 716. The van der Waals surface area contributed by atoms with Gasteiger partial charge in [-0.25, -0.2) is 4.79 Å². The fourth-order valence-electron chi connectivity index (χ4n) is 2.31. The number of amides is 2. The van der Waals surface area contributed by atoms with E-state index in [1.165, 1.54) is 7.11 Å². The van der Waals surface area contributed by atoms with Gasteiger partial charge in [0.2, 0.25) is 5.91 Å². The van der Waals surface area contributed by atoms with Crippen molar-refractivity contribution in [3.05, 3.63) is 35.4 Å². The van der Waals surface area contributed by atoms with Gasteiger partial charge in [-0.1, -0.05) is 24.3 Å². The van der Waals surface area contributed by atoms with Crippen LogP contribution in [-0.2, 0) is 14.3 Å². The van der Waals surface area contributed by atoms with E-state index in [1.807, 2.05) is 6.07 Å². The first-order chi connectivity index (χ1) is 12.8. The number of carbonyl (C=O) groups is 3. The molecule has 1 unspecified atom stereocenters. The van der Waals surface area contributed by atoms with Gasteiger partial charge < -0.3 is 15.0 Å². The summed E-state index contributed by atoms with van der Waals surface area (Å²) in [4.78, 5) is 36.6. The fourth-order valence-corrected chi connectivity index (χ4v) is 2.31. The zero-order valence-electron chi connectivity index (χ0n) is 16.5. The molecule has 0 heterocycles. The molecule has 27 heavy (non-hydrogen) atoms. The maximum absolute atomic E-state index is 12.2. The van der Waals surface area contributed by atoms with Crippen LogP contribution in [0.4, 0.5) is 0 Å². The number of ether oxygens (including phenoxy) is 1. The highest BCUT2D eigenvalue weighted by Gasteiger charge is 2.16. The van der Waals surface area contributed by atoms with Crippen LogP contribution < -0.4 is 5.32 Å². The van der Waals surface area contributed by atoms with Gasteiger partial charge >= 0.3 is 5.97 Å². The van der Waals surface area contributed by atoms with Crippen LogP contribution in [0.25, 0.3) is 0 Å². The van der Waals surface area contributed by atoms with Gasteiger partial charge in [0.05, 0.1) is 7.11 Å². The molecule has 1 atom stereocenters. The molecule has 0 aliphatic heterocycles. The lowest BCUT2D eigenvalue weighted by atomic mass is 10.1. The summed E-state index contributed by atoms with van der Waals surface area (Å²) in [6.45, 7) is 1.57. The summed E-state index contributed by atoms with van der Waals surface area (Å²) in [5.74, 6) is 5.46. The number of nitrogens with zero attached hydrogens (tertiary/aromatic N) is 1. The van der Waals surface area contributed by atoms with Crippen molar-refractivity contribution in [2.24, 2.45) is 0 Å². The van der Waals surface area contributed by atoms with E-state index in [9.17, 15) is 14.4 Å². The molecule has 0 aliphatic rings. The topological polar surface area (TPSA) is 75.7 Å². The number of benzene rings is 1. The smallest absolute Gasteiger partial charge is 0.328 e. The standard InChI is InChI=1S/C21H28N2O4/c1-16(21(26)27-4)22-20(25)18-13-10-12-17(15-18)11-8-6-5-7-9-14-19(24)23(2)3/h10,12-13,15-16H,5-7,9,14H2,1-4H3,(H,22,25). The average Bonchev–Trinajstić information content (AvgIpc) is 2.66. The Morgan fingerprint density at radius 3 is 2.59 bits per heavy atom. The van der Waals surface area contributed by atoms with Crippen molar-refractivity contribution in [2.45, 2.75) is 45.1 Å². The Morgan fingerprint density at radius 2 is 1.93 bits per heavy atom. The molecule has 0 saturated heterocycles. The van der Waals surface area contributed by atoms with E-state index in [4.69, 9.17) is 0 Å². The van der Waals surface area contributed by atoms with Gasteiger partial charge in [-0.05, 0) is 38.0 Å². The molecule has 6 nitrogen and oxygen atoms in total. The quantitative estimate of drug-likeness (QED) is 0.432. The van der Waals surface area contributed by atoms with Crippen molar-refractivity contribution >= 4 is 17.8 Å². The highest BCUT2D eigenvalue weighted by Crippen LogP contribution is 2.07. The van der Waals surface area contributed by atoms with Crippen molar-refractivity contribution < 1.29 is 19.1 Å². The highest BCUT2D eigenvalue weighted by molar-refractivity contribution is 5.96. The van der Waals surface area contributed by atoms with Gasteiger partial charge in [0.15, 0.2) is 0 Å². The maximum atomic E-state index is 12.2.